The highest BCUT2D eigenvalue weighted by Crippen LogP contribution is 2.31. The minimum atomic E-state index is -0.114. The lowest BCUT2D eigenvalue weighted by molar-refractivity contribution is -0.117. The first-order valence-corrected chi connectivity index (χ1v) is 9.31. The van der Waals surface area contributed by atoms with Gasteiger partial charge in [-0.15, -0.1) is 0 Å². The van der Waals surface area contributed by atoms with Crippen molar-refractivity contribution in [3.8, 4) is 0 Å². The van der Waals surface area contributed by atoms with E-state index in [0.29, 0.717) is 42.2 Å². The molecule has 0 atom stereocenters. The Bertz CT molecular complexity index is 981. The fourth-order valence-electron chi connectivity index (χ4n) is 3.29. The number of aromatic nitrogens is 2. The van der Waals surface area contributed by atoms with Gasteiger partial charge < -0.3 is 15.2 Å². The molecule has 4 rings (SSSR count). The molecule has 0 aliphatic carbocycles. The smallest absolute Gasteiger partial charge is 0.227 e. The zero-order chi connectivity index (χ0) is 18.8. The number of carbonyl (C=O) groups excluding carboxylic acids is 2. The van der Waals surface area contributed by atoms with Crippen molar-refractivity contribution in [2.45, 2.75) is 25.7 Å². The summed E-state index contributed by atoms with van der Waals surface area (Å²) >= 11 is 6.32. The second-order valence-corrected chi connectivity index (χ2v) is 6.97. The van der Waals surface area contributed by atoms with E-state index in [1.165, 1.54) is 0 Å². The van der Waals surface area contributed by atoms with Crippen molar-refractivity contribution in [3.05, 3.63) is 53.3 Å². The van der Waals surface area contributed by atoms with Crippen LogP contribution in [-0.4, -0.2) is 28.3 Å². The number of fused-ring (bicyclic) bond motifs is 1. The van der Waals surface area contributed by atoms with Crippen LogP contribution in [0.1, 0.15) is 25.1 Å². The van der Waals surface area contributed by atoms with Crippen molar-refractivity contribution in [2.24, 2.45) is 0 Å². The maximum Gasteiger partial charge on any atom is 0.227 e. The van der Waals surface area contributed by atoms with Crippen LogP contribution in [0.25, 0.3) is 11.0 Å². The Morgan fingerprint density at radius 3 is 2.85 bits per heavy atom. The normalized spacial score (nSPS) is 14.1. The van der Waals surface area contributed by atoms with Gasteiger partial charge in [0.2, 0.25) is 11.8 Å². The predicted octanol–water partition coefficient (Wildman–Crippen LogP) is 3.91. The van der Waals surface area contributed by atoms with Crippen molar-refractivity contribution in [1.29, 1.82) is 0 Å². The number of para-hydroxylation sites is 2. The van der Waals surface area contributed by atoms with Gasteiger partial charge in [-0.2, -0.15) is 0 Å². The zero-order valence-corrected chi connectivity index (χ0v) is 15.4. The van der Waals surface area contributed by atoms with Gasteiger partial charge in [-0.05, 0) is 36.8 Å². The van der Waals surface area contributed by atoms with Crippen LogP contribution in [0.2, 0.25) is 5.02 Å². The second-order valence-electron chi connectivity index (χ2n) is 6.56. The molecular weight excluding hydrogens is 364 g/mol. The lowest BCUT2D eigenvalue weighted by atomic mass is 10.2. The largest absolute Gasteiger partial charge is 0.342 e. The third kappa shape index (κ3) is 3.80. The van der Waals surface area contributed by atoms with E-state index >= 15 is 0 Å². The summed E-state index contributed by atoms with van der Waals surface area (Å²) in [5.41, 5.74) is 3.17. The number of nitrogens with one attached hydrogen (secondary N) is 2. The first kappa shape index (κ1) is 17.5. The van der Waals surface area contributed by atoms with E-state index in [4.69, 9.17) is 11.6 Å². The Balaban J connectivity index is 1.37. The minimum absolute atomic E-state index is 0.0829. The van der Waals surface area contributed by atoms with Gasteiger partial charge in [0.1, 0.15) is 5.82 Å². The van der Waals surface area contributed by atoms with Crippen molar-refractivity contribution in [2.75, 3.05) is 16.8 Å². The molecule has 2 amide bonds. The number of aromatic amines is 1. The third-order valence-corrected chi connectivity index (χ3v) is 4.93. The van der Waals surface area contributed by atoms with Crippen LogP contribution in [0.15, 0.2) is 42.5 Å². The molecule has 1 saturated heterocycles. The number of anilines is 2. The monoisotopic (exact) mass is 382 g/mol. The highest BCUT2D eigenvalue weighted by Gasteiger charge is 2.23. The van der Waals surface area contributed by atoms with E-state index in [-0.39, 0.29) is 11.8 Å². The van der Waals surface area contributed by atoms with Gasteiger partial charge in [0, 0.05) is 31.5 Å². The van der Waals surface area contributed by atoms with Crippen molar-refractivity contribution >= 4 is 45.8 Å². The Morgan fingerprint density at radius 2 is 2.11 bits per heavy atom. The SMILES string of the molecule is O=C(CCc1nc2ccccc2[nH]1)Nc1ccc(N2CCCC2=O)c(Cl)c1. The second kappa shape index (κ2) is 7.40. The van der Waals surface area contributed by atoms with Crippen LogP contribution in [0.3, 0.4) is 0 Å². The lowest BCUT2D eigenvalue weighted by Crippen LogP contribution is -2.24. The molecule has 6 nitrogen and oxygen atoms in total. The molecule has 0 unspecified atom stereocenters. The van der Waals surface area contributed by atoms with E-state index in [0.717, 1.165) is 23.3 Å². The molecule has 3 aromatic rings. The summed E-state index contributed by atoms with van der Waals surface area (Å²) in [6, 6.07) is 13.0. The van der Waals surface area contributed by atoms with Gasteiger partial charge in [-0.1, -0.05) is 23.7 Å². The summed E-state index contributed by atoms with van der Waals surface area (Å²) in [4.78, 5) is 33.5. The fraction of sp³-hybridized carbons (Fsp3) is 0.250. The van der Waals surface area contributed by atoms with E-state index in [2.05, 4.69) is 15.3 Å². The average molecular weight is 383 g/mol. The molecule has 0 saturated carbocycles. The standard InChI is InChI=1S/C20H19ClN4O2/c21-14-12-13(7-8-17(14)25-11-3-6-20(25)27)22-19(26)10-9-18-23-15-4-1-2-5-16(15)24-18/h1-2,4-5,7-8,12H,3,6,9-11H2,(H,22,26)(H,23,24). The first-order chi connectivity index (χ1) is 13.1. The maximum atomic E-state index is 12.2. The van der Waals surface area contributed by atoms with Gasteiger partial charge in [-0.25, -0.2) is 4.98 Å². The van der Waals surface area contributed by atoms with E-state index in [1.54, 1.807) is 23.1 Å². The van der Waals surface area contributed by atoms with Crippen LogP contribution in [0, 0.1) is 0 Å². The van der Waals surface area contributed by atoms with Gasteiger partial charge >= 0.3 is 0 Å². The summed E-state index contributed by atoms with van der Waals surface area (Å²) < 4.78 is 0. The number of amides is 2. The summed E-state index contributed by atoms with van der Waals surface area (Å²) in [5.74, 6) is 0.753. The lowest BCUT2D eigenvalue weighted by Gasteiger charge is -2.18. The van der Waals surface area contributed by atoms with Crippen LogP contribution in [0.4, 0.5) is 11.4 Å². The topological polar surface area (TPSA) is 78.1 Å². The number of nitrogens with zero attached hydrogens (tertiary/aromatic N) is 2. The van der Waals surface area contributed by atoms with Crippen molar-refractivity contribution in [3.63, 3.8) is 0 Å². The zero-order valence-electron chi connectivity index (χ0n) is 14.7. The molecule has 7 heteroatoms. The Hall–Kier alpha value is -2.86. The number of H-pyrrole nitrogens is 1. The molecule has 1 aliphatic heterocycles. The number of halogens is 1. The predicted molar refractivity (Wildman–Crippen MR) is 106 cm³/mol. The third-order valence-electron chi connectivity index (χ3n) is 4.62. The van der Waals surface area contributed by atoms with E-state index < -0.39 is 0 Å². The number of benzene rings is 2. The molecule has 27 heavy (non-hydrogen) atoms. The molecule has 2 heterocycles. The number of hydrogen-bond donors (Lipinski definition) is 2. The molecule has 0 bridgehead atoms. The fourth-order valence-corrected chi connectivity index (χ4v) is 3.57. The number of carbonyl (C=O) groups is 2. The Kier molecular flexibility index (Phi) is 4.81. The number of aryl methyl sites for hydroxylation is 1. The molecule has 2 aromatic carbocycles. The molecule has 1 fully saturated rings. The van der Waals surface area contributed by atoms with Gasteiger partial charge in [0.15, 0.2) is 0 Å². The highest BCUT2D eigenvalue weighted by atomic mass is 35.5. The minimum Gasteiger partial charge on any atom is -0.342 e. The molecule has 0 radical (unpaired) electrons. The molecule has 1 aliphatic rings. The first-order valence-electron chi connectivity index (χ1n) is 8.93. The average Bonchev–Trinajstić information content (AvgIpc) is 3.26. The molecule has 138 valence electrons. The van der Waals surface area contributed by atoms with Crippen molar-refractivity contribution < 1.29 is 9.59 Å². The number of imidazole rings is 1. The maximum absolute atomic E-state index is 12.2. The van der Waals surface area contributed by atoms with Gasteiger partial charge in [-0.3, -0.25) is 9.59 Å². The number of hydrogen-bond acceptors (Lipinski definition) is 3. The summed E-state index contributed by atoms with van der Waals surface area (Å²) in [7, 11) is 0. The van der Waals surface area contributed by atoms with Gasteiger partial charge in [0.05, 0.1) is 21.7 Å². The van der Waals surface area contributed by atoms with E-state index in [9.17, 15) is 9.59 Å². The van der Waals surface area contributed by atoms with Crippen LogP contribution in [0.5, 0.6) is 0 Å². The molecule has 0 spiro atoms. The van der Waals surface area contributed by atoms with Crippen LogP contribution < -0.4 is 10.2 Å². The van der Waals surface area contributed by atoms with Crippen molar-refractivity contribution in [1.82, 2.24) is 9.97 Å². The van der Waals surface area contributed by atoms with Crippen LogP contribution in [-0.2, 0) is 16.0 Å². The van der Waals surface area contributed by atoms with Gasteiger partial charge in [0.25, 0.3) is 0 Å². The molecule has 2 N–H and O–H groups in total. The molecular formula is C20H19ClN4O2. The molecule has 1 aromatic heterocycles. The summed E-state index contributed by atoms with van der Waals surface area (Å²) in [6.07, 6.45) is 2.23. The number of rotatable bonds is 5. The Labute approximate surface area is 161 Å². The van der Waals surface area contributed by atoms with E-state index in [1.807, 2.05) is 24.3 Å². The quantitative estimate of drug-likeness (QED) is 0.702. The summed E-state index contributed by atoms with van der Waals surface area (Å²) in [6.45, 7) is 0.682. The van der Waals surface area contributed by atoms with Crippen LogP contribution >= 0.6 is 11.6 Å². The summed E-state index contributed by atoms with van der Waals surface area (Å²) in [5, 5.41) is 3.31. The Morgan fingerprint density at radius 1 is 1.26 bits per heavy atom. The highest BCUT2D eigenvalue weighted by molar-refractivity contribution is 6.34.